The molecule has 2 saturated heterocycles. The zero-order valence-electron chi connectivity index (χ0n) is 14.5. The number of carbonyl (C=O) groups is 3. The van der Waals surface area contributed by atoms with Crippen molar-refractivity contribution < 1.29 is 14.4 Å². The maximum atomic E-state index is 13.0. The highest BCUT2D eigenvalue weighted by molar-refractivity contribution is 7.99. The summed E-state index contributed by atoms with van der Waals surface area (Å²) in [6.07, 6.45) is 1.48. The minimum atomic E-state index is -0.497. The van der Waals surface area contributed by atoms with Gasteiger partial charge in [0, 0.05) is 42.7 Å². The number of hydrogen-bond acceptors (Lipinski definition) is 6. The zero-order valence-corrected chi connectivity index (χ0v) is 16.2. The third-order valence-corrected chi connectivity index (χ3v) is 7.08. The molecule has 1 aromatic carbocycles. The second kappa shape index (κ2) is 7.37. The molecule has 4 rings (SSSR count). The molecule has 0 aromatic heterocycles. The summed E-state index contributed by atoms with van der Waals surface area (Å²) >= 11 is 6.17. The molecule has 2 unspecified atom stereocenters. The molecule has 2 aliphatic heterocycles. The Morgan fingerprint density at radius 2 is 2.04 bits per heavy atom. The van der Waals surface area contributed by atoms with Crippen molar-refractivity contribution in [3.8, 4) is 0 Å². The van der Waals surface area contributed by atoms with E-state index in [0.717, 1.165) is 23.4 Å². The predicted octanol–water partition coefficient (Wildman–Crippen LogP) is 2.07. The lowest BCUT2D eigenvalue weighted by atomic mass is 9.87. The highest BCUT2D eigenvalue weighted by atomic mass is 32.2. The first-order valence-electron chi connectivity index (χ1n) is 9.03. The first kappa shape index (κ1) is 18.1. The van der Waals surface area contributed by atoms with Crippen LogP contribution in [-0.4, -0.2) is 57.4 Å². The van der Waals surface area contributed by atoms with Crippen molar-refractivity contribution in [3.63, 3.8) is 0 Å². The fourth-order valence-electron chi connectivity index (χ4n) is 4.26. The highest BCUT2D eigenvalue weighted by Gasteiger charge is 2.45. The summed E-state index contributed by atoms with van der Waals surface area (Å²) in [6, 6.07) is 7.09. The van der Waals surface area contributed by atoms with Gasteiger partial charge in [-0.3, -0.25) is 14.4 Å². The maximum Gasteiger partial charge on any atom is 0.242 e. The molecular weight excluding hydrogens is 368 g/mol. The van der Waals surface area contributed by atoms with E-state index >= 15 is 0 Å². The van der Waals surface area contributed by atoms with E-state index in [-0.39, 0.29) is 35.7 Å². The van der Waals surface area contributed by atoms with E-state index in [0.29, 0.717) is 25.3 Å². The van der Waals surface area contributed by atoms with Crippen LogP contribution < -0.4 is 0 Å². The predicted molar refractivity (Wildman–Crippen MR) is 104 cm³/mol. The normalized spacial score (nSPS) is 28.6. The average Bonchev–Trinajstić information content (AvgIpc) is 3.35. The van der Waals surface area contributed by atoms with Crippen molar-refractivity contribution in [2.75, 3.05) is 24.7 Å². The molecule has 2 fully saturated rings. The molecule has 0 saturated carbocycles. The number of thioether (sulfide) groups is 1. The van der Waals surface area contributed by atoms with Crippen LogP contribution in [0.3, 0.4) is 0 Å². The van der Waals surface area contributed by atoms with Gasteiger partial charge in [-0.05, 0) is 18.4 Å². The number of amides is 1. The third kappa shape index (κ3) is 3.21. The molecular formula is C19H22N2O3S2. The van der Waals surface area contributed by atoms with Gasteiger partial charge in [0.05, 0.1) is 5.88 Å². The van der Waals surface area contributed by atoms with E-state index in [1.807, 2.05) is 29.2 Å². The average molecular weight is 391 g/mol. The lowest BCUT2D eigenvalue weighted by Crippen LogP contribution is -2.46. The summed E-state index contributed by atoms with van der Waals surface area (Å²) in [4.78, 5) is 40.2. The SMILES string of the molecule is O=C1c2ccccc2CC1CC(=O)C1CCN(S)[C@H]1C(=O)N1CCSC1. The molecule has 1 aromatic rings. The minimum absolute atomic E-state index is 0.00174. The van der Waals surface area contributed by atoms with Crippen molar-refractivity contribution in [3.05, 3.63) is 35.4 Å². The van der Waals surface area contributed by atoms with Gasteiger partial charge in [-0.25, -0.2) is 4.31 Å². The van der Waals surface area contributed by atoms with Crippen LogP contribution in [0.25, 0.3) is 0 Å². The molecule has 0 spiro atoms. The van der Waals surface area contributed by atoms with E-state index < -0.39 is 6.04 Å². The number of fused-ring (bicyclic) bond motifs is 1. The Morgan fingerprint density at radius 3 is 2.77 bits per heavy atom. The van der Waals surface area contributed by atoms with Crippen LogP contribution >= 0.6 is 24.6 Å². The second-order valence-electron chi connectivity index (χ2n) is 7.23. The molecule has 1 amide bonds. The van der Waals surface area contributed by atoms with Crippen LogP contribution in [-0.2, 0) is 16.0 Å². The highest BCUT2D eigenvalue weighted by Crippen LogP contribution is 2.34. The Morgan fingerprint density at radius 1 is 1.23 bits per heavy atom. The smallest absolute Gasteiger partial charge is 0.242 e. The molecule has 26 heavy (non-hydrogen) atoms. The summed E-state index contributed by atoms with van der Waals surface area (Å²) in [5.74, 6) is 1.08. The van der Waals surface area contributed by atoms with Gasteiger partial charge < -0.3 is 4.90 Å². The molecule has 2 heterocycles. The van der Waals surface area contributed by atoms with Crippen molar-refractivity contribution in [1.82, 2.24) is 9.21 Å². The minimum Gasteiger partial charge on any atom is -0.331 e. The largest absolute Gasteiger partial charge is 0.331 e. The molecule has 1 aliphatic carbocycles. The topological polar surface area (TPSA) is 57.7 Å². The number of ketones is 2. The lowest BCUT2D eigenvalue weighted by Gasteiger charge is -2.27. The van der Waals surface area contributed by atoms with Gasteiger partial charge >= 0.3 is 0 Å². The number of thiol groups is 1. The first-order chi connectivity index (χ1) is 12.6. The second-order valence-corrected chi connectivity index (χ2v) is 8.82. The Labute approximate surface area is 163 Å². The van der Waals surface area contributed by atoms with Gasteiger partial charge in [0.1, 0.15) is 11.8 Å². The summed E-state index contributed by atoms with van der Waals surface area (Å²) in [5, 5.41) is 0. The molecule has 5 nitrogen and oxygen atoms in total. The van der Waals surface area contributed by atoms with Crippen LogP contribution in [0.2, 0.25) is 0 Å². The summed E-state index contributed by atoms with van der Waals surface area (Å²) in [6.45, 7) is 1.36. The number of rotatable bonds is 4. The molecule has 0 N–H and O–H groups in total. The summed E-state index contributed by atoms with van der Waals surface area (Å²) < 4.78 is 1.71. The lowest BCUT2D eigenvalue weighted by molar-refractivity contribution is -0.137. The van der Waals surface area contributed by atoms with E-state index in [4.69, 9.17) is 0 Å². The first-order valence-corrected chi connectivity index (χ1v) is 10.6. The Hall–Kier alpha value is -1.31. The Kier molecular flexibility index (Phi) is 5.12. The van der Waals surface area contributed by atoms with Crippen LogP contribution in [0.15, 0.2) is 24.3 Å². The van der Waals surface area contributed by atoms with Crippen molar-refractivity contribution in [1.29, 1.82) is 0 Å². The third-order valence-electron chi connectivity index (χ3n) is 5.67. The van der Waals surface area contributed by atoms with Crippen molar-refractivity contribution >= 4 is 42.1 Å². The van der Waals surface area contributed by atoms with E-state index in [1.165, 1.54) is 0 Å². The van der Waals surface area contributed by atoms with Crippen LogP contribution in [0.1, 0.15) is 28.8 Å². The Balaban J connectivity index is 1.46. The van der Waals surface area contributed by atoms with Gasteiger partial charge in [0.2, 0.25) is 5.91 Å². The fraction of sp³-hybridized carbons (Fsp3) is 0.526. The van der Waals surface area contributed by atoms with Gasteiger partial charge in [0.15, 0.2) is 5.78 Å². The summed E-state index contributed by atoms with van der Waals surface area (Å²) in [7, 11) is 0. The Bertz CT molecular complexity index is 748. The molecule has 3 atom stereocenters. The quantitative estimate of drug-likeness (QED) is 0.798. The number of Topliss-reactive ketones (excluding diaryl/α,β-unsaturated/α-hetero) is 2. The van der Waals surface area contributed by atoms with Crippen LogP contribution in [0, 0.1) is 11.8 Å². The van der Waals surface area contributed by atoms with Gasteiger partial charge in [0.25, 0.3) is 0 Å². The van der Waals surface area contributed by atoms with Crippen LogP contribution in [0.5, 0.6) is 0 Å². The molecule has 7 heteroatoms. The maximum absolute atomic E-state index is 13.0. The van der Waals surface area contributed by atoms with Crippen molar-refractivity contribution in [2.45, 2.75) is 25.3 Å². The van der Waals surface area contributed by atoms with Crippen LogP contribution in [0.4, 0.5) is 0 Å². The fourth-order valence-corrected chi connectivity index (χ4v) is 5.59. The number of benzene rings is 1. The standard InChI is InChI=1S/C19H22N2O3S2/c22-16(10-13-9-12-3-1-2-4-14(12)18(13)23)15-5-6-21(25)17(15)19(24)20-7-8-26-11-20/h1-4,13,15,17,25H,5-11H2/t13?,15?,17-/m1/s1. The molecule has 0 radical (unpaired) electrons. The molecule has 138 valence electrons. The van der Waals surface area contributed by atoms with Gasteiger partial charge in [-0.2, -0.15) is 0 Å². The van der Waals surface area contributed by atoms with Gasteiger partial charge in [-0.15, -0.1) is 11.8 Å². The number of carbonyl (C=O) groups excluding carboxylic acids is 3. The van der Waals surface area contributed by atoms with Crippen molar-refractivity contribution in [2.24, 2.45) is 11.8 Å². The number of nitrogens with zero attached hydrogens (tertiary/aromatic N) is 2. The van der Waals surface area contributed by atoms with E-state index in [2.05, 4.69) is 12.8 Å². The summed E-state index contributed by atoms with van der Waals surface area (Å²) in [5.41, 5.74) is 1.77. The monoisotopic (exact) mass is 390 g/mol. The van der Waals surface area contributed by atoms with E-state index in [9.17, 15) is 14.4 Å². The zero-order chi connectivity index (χ0) is 18.3. The molecule has 3 aliphatic rings. The van der Waals surface area contributed by atoms with E-state index in [1.54, 1.807) is 16.1 Å². The van der Waals surface area contributed by atoms with Gasteiger partial charge in [-0.1, -0.05) is 37.1 Å². The number of hydrogen-bond donors (Lipinski definition) is 1. The molecule has 0 bridgehead atoms.